The zero-order valence-corrected chi connectivity index (χ0v) is 24.1. The van der Waals surface area contributed by atoms with Crippen molar-refractivity contribution in [1.29, 1.82) is 0 Å². The molecule has 1 amide bonds. The van der Waals surface area contributed by atoms with E-state index in [1.54, 1.807) is 12.1 Å². The van der Waals surface area contributed by atoms with Gasteiger partial charge in [0.15, 0.2) is 9.84 Å². The van der Waals surface area contributed by atoms with Gasteiger partial charge in [0.2, 0.25) is 5.91 Å². The third kappa shape index (κ3) is 7.75. The van der Waals surface area contributed by atoms with Crippen LogP contribution in [0.25, 0.3) is 11.1 Å². The van der Waals surface area contributed by atoms with Crippen molar-refractivity contribution >= 4 is 21.4 Å². The first-order valence-corrected chi connectivity index (χ1v) is 14.6. The lowest BCUT2D eigenvalue weighted by molar-refractivity contribution is -0.115. The first-order chi connectivity index (χ1) is 17.1. The highest BCUT2D eigenvalue weighted by Crippen LogP contribution is 2.38. The van der Waals surface area contributed by atoms with Crippen LogP contribution in [0.1, 0.15) is 62.7 Å². The highest BCUT2D eigenvalue weighted by atomic mass is 32.2. The number of aromatic nitrogens is 1. The summed E-state index contributed by atoms with van der Waals surface area (Å²) in [5, 5.41) is 2.89. The van der Waals surface area contributed by atoms with Crippen molar-refractivity contribution < 1.29 is 13.2 Å². The summed E-state index contributed by atoms with van der Waals surface area (Å²) in [6.45, 7) is 14.9. The summed E-state index contributed by atoms with van der Waals surface area (Å²) in [4.78, 5) is 18.5. The lowest BCUT2D eigenvalue weighted by atomic mass is 9.80. The van der Waals surface area contributed by atoms with E-state index in [1.807, 2.05) is 6.92 Å². The highest BCUT2D eigenvalue weighted by molar-refractivity contribution is 7.90. The Morgan fingerprint density at radius 1 is 1.05 bits per heavy atom. The van der Waals surface area contributed by atoms with E-state index < -0.39 is 9.84 Å². The molecule has 37 heavy (non-hydrogen) atoms. The third-order valence-electron chi connectivity index (χ3n) is 6.02. The number of carbonyl (C=O) groups is 1. The average Bonchev–Trinajstić information content (AvgIpc) is 2.76. The summed E-state index contributed by atoms with van der Waals surface area (Å²) in [6, 6.07) is 14.8. The second-order valence-corrected chi connectivity index (χ2v) is 13.4. The Bertz CT molecular complexity index is 1380. The molecular formula is C31H39N2O3S. The SMILES string of the molecule is Cc1ccc(-c2c([CH]C(C)(C)C)c(CC(C)C)nc(C)c2CC(=O)Nc2cccc(S(C)(=O)=O)c2)cc1. The van der Waals surface area contributed by atoms with Crippen molar-refractivity contribution in [3.8, 4) is 11.1 Å². The number of rotatable bonds is 8. The van der Waals surface area contributed by atoms with E-state index in [0.29, 0.717) is 11.6 Å². The Labute approximate surface area is 222 Å². The monoisotopic (exact) mass is 519 g/mol. The summed E-state index contributed by atoms with van der Waals surface area (Å²) in [6.07, 6.45) is 4.39. The van der Waals surface area contributed by atoms with Crippen LogP contribution in [0.5, 0.6) is 0 Å². The predicted octanol–water partition coefficient (Wildman–Crippen LogP) is 6.75. The van der Waals surface area contributed by atoms with E-state index in [1.165, 1.54) is 17.7 Å². The van der Waals surface area contributed by atoms with Gasteiger partial charge >= 0.3 is 0 Å². The van der Waals surface area contributed by atoms with Gasteiger partial charge < -0.3 is 5.32 Å². The van der Waals surface area contributed by atoms with E-state index in [-0.39, 0.29) is 22.6 Å². The van der Waals surface area contributed by atoms with Crippen LogP contribution in [0.4, 0.5) is 5.69 Å². The number of sulfone groups is 1. The molecule has 0 bridgehead atoms. The molecule has 2 aromatic carbocycles. The predicted molar refractivity (Wildman–Crippen MR) is 152 cm³/mol. The molecule has 0 atom stereocenters. The number of hydrogen-bond donors (Lipinski definition) is 1. The first kappa shape index (κ1) is 28.6. The molecule has 0 aliphatic carbocycles. The minimum Gasteiger partial charge on any atom is -0.326 e. The van der Waals surface area contributed by atoms with Crippen molar-refractivity contribution in [3.05, 3.63) is 83.0 Å². The molecule has 0 aliphatic rings. The lowest BCUT2D eigenvalue weighted by Crippen LogP contribution is -2.19. The van der Waals surface area contributed by atoms with Crippen LogP contribution in [-0.2, 0) is 27.5 Å². The molecule has 3 aromatic rings. The zero-order chi connectivity index (χ0) is 27.5. The minimum atomic E-state index is -3.38. The second-order valence-electron chi connectivity index (χ2n) is 11.4. The summed E-state index contributed by atoms with van der Waals surface area (Å²) in [5.41, 5.74) is 7.46. The molecule has 197 valence electrons. The fraction of sp³-hybridized carbons (Fsp3) is 0.387. The summed E-state index contributed by atoms with van der Waals surface area (Å²) >= 11 is 0. The third-order valence-corrected chi connectivity index (χ3v) is 7.13. The maximum absolute atomic E-state index is 13.3. The van der Waals surface area contributed by atoms with E-state index in [2.05, 4.69) is 77.5 Å². The van der Waals surface area contributed by atoms with Gasteiger partial charge in [0.25, 0.3) is 0 Å². The molecule has 1 N–H and O–H groups in total. The van der Waals surface area contributed by atoms with Gasteiger partial charge in [-0.2, -0.15) is 0 Å². The molecule has 6 heteroatoms. The van der Waals surface area contributed by atoms with Crippen molar-refractivity contribution in [2.24, 2.45) is 11.3 Å². The second kappa shape index (κ2) is 11.2. The Hall–Kier alpha value is -2.99. The van der Waals surface area contributed by atoms with Gasteiger partial charge in [0.05, 0.1) is 11.3 Å². The molecule has 0 saturated heterocycles. The van der Waals surface area contributed by atoms with Crippen LogP contribution in [0, 0.1) is 31.6 Å². The quantitative estimate of drug-likeness (QED) is 0.357. The van der Waals surface area contributed by atoms with Gasteiger partial charge in [-0.05, 0) is 78.5 Å². The molecule has 5 nitrogen and oxygen atoms in total. The Morgan fingerprint density at radius 2 is 1.70 bits per heavy atom. The van der Waals surface area contributed by atoms with E-state index in [9.17, 15) is 13.2 Å². The number of hydrogen-bond acceptors (Lipinski definition) is 4. The van der Waals surface area contributed by atoms with Crippen molar-refractivity contribution in [3.63, 3.8) is 0 Å². The molecule has 0 aliphatic heterocycles. The Balaban J connectivity index is 2.13. The first-order valence-electron chi connectivity index (χ1n) is 12.7. The molecule has 1 radical (unpaired) electrons. The number of amides is 1. The average molecular weight is 520 g/mol. The minimum absolute atomic E-state index is 0.0896. The number of nitrogens with one attached hydrogen (secondary N) is 1. The lowest BCUT2D eigenvalue weighted by Gasteiger charge is -2.26. The largest absolute Gasteiger partial charge is 0.326 e. The van der Waals surface area contributed by atoms with Gasteiger partial charge in [-0.3, -0.25) is 9.78 Å². The van der Waals surface area contributed by atoms with Crippen LogP contribution in [0.3, 0.4) is 0 Å². The van der Waals surface area contributed by atoms with Gasteiger partial charge in [0, 0.05) is 23.3 Å². The van der Waals surface area contributed by atoms with Crippen LogP contribution in [-0.4, -0.2) is 25.6 Å². The van der Waals surface area contributed by atoms with E-state index >= 15 is 0 Å². The number of anilines is 1. The molecule has 0 fully saturated rings. The molecule has 0 saturated carbocycles. The smallest absolute Gasteiger partial charge is 0.228 e. The van der Waals surface area contributed by atoms with Crippen molar-refractivity contribution in [2.45, 2.75) is 66.2 Å². The maximum atomic E-state index is 13.3. The summed E-state index contributed by atoms with van der Waals surface area (Å²) in [7, 11) is -3.38. The maximum Gasteiger partial charge on any atom is 0.228 e. The molecular weight excluding hydrogens is 480 g/mol. The van der Waals surface area contributed by atoms with Gasteiger partial charge in [-0.25, -0.2) is 8.42 Å². The molecule has 0 spiro atoms. The van der Waals surface area contributed by atoms with Crippen molar-refractivity contribution in [1.82, 2.24) is 4.98 Å². The summed E-state index contributed by atoms with van der Waals surface area (Å²) < 4.78 is 23.9. The van der Waals surface area contributed by atoms with E-state index in [0.717, 1.165) is 46.3 Å². The topological polar surface area (TPSA) is 76.1 Å². The van der Waals surface area contributed by atoms with Crippen LogP contribution in [0.2, 0.25) is 0 Å². The molecule has 1 heterocycles. The van der Waals surface area contributed by atoms with Gasteiger partial charge in [-0.1, -0.05) is 70.5 Å². The fourth-order valence-corrected chi connectivity index (χ4v) is 5.05. The fourth-order valence-electron chi connectivity index (χ4n) is 4.39. The Morgan fingerprint density at radius 3 is 2.27 bits per heavy atom. The Kier molecular flexibility index (Phi) is 8.63. The number of carbonyl (C=O) groups excluding carboxylic acids is 1. The molecule has 0 unspecified atom stereocenters. The number of aryl methyl sites for hydroxylation is 2. The van der Waals surface area contributed by atoms with Crippen LogP contribution in [0.15, 0.2) is 53.4 Å². The number of pyridine rings is 1. The zero-order valence-electron chi connectivity index (χ0n) is 23.3. The van der Waals surface area contributed by atoms with Crippen LogP contribution < -0.4 is 5.32 Å². The number of benzene rings is 2. The standard InChI is InChI=1S/C31H39N2O3S/c1-20(2)16-28-27(19-31(5,6)7)30(23-14-12-21(3)13-15-23)26(22(4)32-28)18-29(34)33-24-10-9-11-25(17-24)37(8,35)36/h9-15,17,19-20H,16,18H2,1-8H3,(H,33,34). The summed E-state index contributed by atoms with van der Waals surface area (Å²) in [5.74, 6) is 0.211. The normalized spacial score (nSPS) is 12.1. The van der Waals surface area contributed by atoms with E-state index in [4.69, 9.17) is 4.98 Å². The molecule has 1 aromatic heterocycles. The number of nitrogens with zero attached hydrogens (tertiary/aromatic N) is 1. The van der Waals surface area contributed by atoms with Crippen LogP contribution >= 0.6 is 0 Å². The molecule has 3 rings (SSSR count). The van der Waals surface area contributed by atoms with Crippen molar-refractivity contribution in [2.75, 3.05) is 11.6 Å². The highest BCUT2D eigenvalue weighted by Gasteiger charge is 2.25. The van der Waals surface area contributed by atoms with Gasteiger partial charge in [0.1, 0.15) is 0 Å². The van der Waals surface area contributed by atoms with Gasteiger partial charge in [-0.15, -0.1) is 0 Å².